The molecular weight excluding hydrogens is 427 g/mol. The first-order valence-electron chi connectivity index (χ1n) is 7.66. The molecule has 0 aromatic heterocycles. The van der Waals surface area contributed by atoms with Gasteiger partial charge in [0.2, 0.25) is 0 Å². The Morgan fingerprint density at radius 1 is 0.640 bits per heavy atom. The normalized spacial score (nSPS) is 10.1. The van der Waals surface area contributed by atoms with Gasteiger partial charge in [-0.1, -0.05) is 30.3 Å². The molecule has 2 N–H and O–H groups in total. The lowest BCUT2D eigenvalue weighted by atomic mass is 10.1. The van der Waals surface area contributed by atoms with Gasteiger partial charge in [-0.15, -0.1) is 0 Å². The fourth-order valence-corrected chi connectivity index (χ4v) is 2.78. The van der Waals surface area contributed by atoms with Gasteiger partial charge in [-0.3, -0.25) is 9.59 Å². The Kier molecular flexibility index (Phi) is 5.45. The maximum absolute atomic E-state index is 12.3. The van der Waals surface area contributed by atoms with E-state index in [-0.39, 0.29) is 11.8 Å². The van der Waals surface area contributed by atoms with E-state index in [9.17, 15) is 9.59 Å². The van der Waals surface area contributed by atoms with Crippen molar-refractivity contribution >= 4 is 45.8 Å². The summed E-state index contributed by atoms with van der Waals surface area (Å²) < 4.78 is 0.972. The first kappa shape index (κ1) is 17.2. The zero-order chi connectivity index (χ0) is 17.6. The molecule has 5 heteroatoms. The number of hydrogen-bond acceptors (Lipinski definition) is 2. The zero-order valence-corrected chi connectivity index (χ0v) is 15.4. The van der Waals surface area contributed by atoms with Crippen molar-refractivity contribution in [1.29, 1.82) is 0 Å². The molecule has 3 aromatic carbocycles. The van der Waals surface area contributed by atoms with Gasteiger partial charge in [0.15, 0.2) is 0 Å². The highest BCUT2D eigenvalue weighted by molar-refractivity contribution is 14.1. The van der Waals surface area contributed by atoms with Crippen molar-refractivity contribution in [3.8, 4) is 0 Å². The molecule has 0 aliphatic rings. The largest absolute Gasteiger partial charge is 0.322 e. The molecule has 0 fully saturated rings. The molecular formula is C20H15IN2O2. The standard InChI is InChI=1S/C20H15IN2O2/c21-17-8-4-5-9-18(17)23-20(25)15-10-12-16(13-11-15)22-19(24)14-6-2-1-3-7-14/h1-13H,(H,22,24)(H,23,25). The van der Waals surface area contributed by atoms with Gasteiger partial charge in [0.05, 0.1) is 5.69 Å². The molecule has 2 amide bonds. The maximum atomic E-state index is 12.3. The van der Waals surface area contributed by atoms with Crippen LogP contribution in [0.3, 0.4) is 0 Å². The van der Waals surface area contributed by atoms with Gasteiger partial charge in [0.1, 0.15) is 0 Å². The summed E-state index contributed by atoms with van der Waals surface area (Å²) in [6.45, 7) is 0. The monoisotopic (exact) mass is 442 g/mol. The average Bonchev–Trinajstić information content (AvgIpc) is 2.65. The van der Waals surface area contributed by atoms with Crippen LogP contribution in [0.5, 0.6) is 0 Å². The molecule has 3 rings (SSSR count). The molecule has 0 bridgehead atoms. The number of halogens is 1. The van der Waals surface area contributed by atoms with Crippen LogP contribution in [0.15, 0.2) is 78.9 Å². The molecule has 0 spiro atoms. The quantitative estimate of drug-likeness (QED) is 0.571. The van der Waals surface area contributed by atoms with Gasteiger partial charge in [0, 0.05) is 20.4 Å². The van der Waals surface area contributed by atoms with Crippen molar-refractivity contribution in [2.24, 2.45) is 0 Å². The van der Waals surface area contributed by atoms with Crippen molar-refractivity contribution in [3.63, 3.8) is 0 Å². The van der Waals surface area contributed by atoms with E-state index >= 15 is 0 Å². The van der Waals surface area contributed by atoms with Crippen LogP contribution < -0.4 is 10.6 Å². The third kappa shape index (κ3) is 4.45. The predicted octanol–water partition coefficient (Wildman–Crippen LogP) is 4.80. The van der Waals surface area contributed by atoms with E-state index in [4.69, 9.17) is 0 Å². The Morgan fingerprint density at radius 2 is 1.20 bits per heavy atom. The van der Waals surface area contributed by atoms with Crippen LogP contribution in [0.4, 0.5) is 11.4 Å². The lowest BCUT2D eigenvalue weighted by molar-refractivity contribution is 0.102. The summed E-state index contributed by atoms with van der Waals surface area (Å²) in [6.07, 6.45) is 0. The number of amides is 2. The number of anilines is 2. The number of carbonyl (C=O) groups excluding carboxylic acids is 2. The van der Waals surface area contributed by atoms with Gasteiger partial charge in [0.25, 0.3) is 11.8 Å². The predicted molar refractivity (Wildman–Crippen MR) is 108 cm³/mol. The number of hydrogen-bond donors (Lipinski definition) is 2. The molecule has 0 aliphatic heterocycles. The van der Waals surface area contributed by atoms with Crippen LogP contribution in [-0.4, -0.2) is 11.8 Å². The molecule has 0 aliphatic carbocycles. The number of benzene rings is 3. The second kappa shape index (κ2) is 7.94. The van der Waals surface area contributed by atoms with Gasteiger partial charge in [-0.2, -0.15) is 0 Å². The Bertz CT molecular complexity index is 893. The van der Waals surface area contributed by atoms with Gasteiger partial charge in [-0.05, 0) is 71.1 Å². The lowest BCUT2D eigenvalue weighted by Gasteiger charge is -2.09. The number of para-hydroxylation sites is 1. The van der Waals surface area contributed by atoms with Crippen molar-refractivity contribution in [2.45, 2.75) is 0 Å². The van der Waals surface area contributed by atoms with Gasteiger partial charge in [-0.25, -0.2) is 0 Å². The van der Waals surface area contributed by atoms with Crippen LogP contribution in [-0.2, 0) is 0 Å². The van der Waals surface area contributed by atoms with Crippen LogP contribution in [0.1, 0.15) is 20.7 Å². The highest BCUT2D eigenvalue weighted by atomic mass is 127. The summed E-state index contributed by atoms with van der Waals surface area (Å²) >= 11 is 2.17. The molecule has 0 atom stereocenters. The van der Waals surface area contributed by atoms with Gasteiger partial charge < -0.3 is 10.6 Å². The molecule has 0 radical (unpaired) electrons. The third-order valence-corrected chi connectivity index (χ3v) is 4.50. The highest BCUT2D eigenvalue weighted by Crippen LogP contribution is 2.18. The van der Waals surface area contributed by atoms with E-state index in [0.717, 1.165) is 9.26 Å². The summed E-state index contributed by atoms with van der Waals surface area (Å²) in [6, 6.07) is 23.4. The molecule has 4 nitrogen and oxygen atoms in total. The molecule has 0 saturated carbocycles. The fraction of sp³-hybridized carbons (Fsp3) is 0. The van der Waals surface area contributed by atoms with E-state index in [2.05, 4.69) is 33.2 Å². The molecule has 0 heterocycles. The van der Waals surface area contributed by atoms with E-state index in [1.807, 2.05) is 42.5 Å². The van der Waals surface area contributed by atoms with Gasteiger partial charge >= 0.3 is 0 Å². The molecule has 0 unspecified atom stereocenters. The summed E-state index contributed by atoms with van der Waals surface area (Å²) in [5.41, 5.74) is 2.52. The van der Waals surface area contributed by atoms with Crippen molar-refractivity contribution in [2.75, 3.05) is 10.6 Å². The SMILES string of the molecule is O=C(Nc1ccc(C(=O)Nc2ccccc2I)cc1)c1ccccc1. The summed E-state index contributed by atoms with van der Waals surface area (Å²) in [4.78, 5) is 24.4. The first-order valence-corrected chi connectivity index (χ1v) is 8.74. The second-order valence-electron chi connectivity index (χ2n) is 5.33. The second-order valence-corrected chi connectivity index (χ2v) is 6.49. The van der Waals surface area contributed by atoms with Crippen molar-refractivity contribution < 1.29 is 9.59 Å². The first-order chi connectivity index (χ1) is 12.1. The minimum atomic E-state index is -0.190. The Labute approximate surface area is 159 Å². The van der Waals surface area contributed by atoms with E-state index in [1.165, 1.54) is 0 Å². The fourth-order valence-electron chi connectivity index (χ4n) is 2.25. The number of nitrogens with one attached hydrogen (secondary N) is 2. The van der Waals surface area contributed by atoms with E-state index in [1.54, 1.807) is 36.4 Å². The van der Waals surface area contributed by atoms with Crippen molar-refractivity contribution in [1.82, 2.24) is 0 Å². The minimum absolute atomic E-state index is 0.184. The summed E-state index contributed by atoms with van der Waals surface area (Å²) in [5.74, 6) is -0.373. The Morgan fingerprint density at radius 3 is 1.88 bits per heavy atom. The molecule has 3 aromatic rings. The topological polar surface area (TPSA) is 58.2 Å². The summed E-state index contributed by atoms with van der Waals surface area (Å²) in [7, 11) is 0. The maximum Gasteiger partial charge on any atom is 0.255 e. The molecule has 124 valence electrons. The van der Waals surface area contributed by atoms with Crippen LogP contribution in [0.2, 0.25) is 0 Å². The highest BCUT2D eigenvalue weighted by Gasteiger charge is 2.09. The minimum Gasteiger partial charge on any atom is -0.322 e. The number of rotatable bonds is 4. The Balaban J connectivity index is 1.67. The smallest absolute Gasteiger partial charge is 0.255 e. The molecule has 25 heavy (non-hydrogen) atoms. The van der Waals surface area contributed by atoms with Crippen LogP contribution in [0, 0.1) is 3.57 Å². The zero-order valence-electron chi connectivity index (χ0n) is 13.2. The van der Waals surface area contributed by atoms with E-state index in [0.29, 0.717) is 16.8 Å². The van der Waals surface area contributed by atoms with Crippen molar-refractivity contribution in [3.05, 3.63) is 93.6 Å². The number of carbonyl (C=O) groups is 2. The van der Waals surface area contributed by atoms with Crippen LogP contribution in [0.25, 0.3) is 0 Å². The lowest BCUT2D eigenvalue weighted by Crippen LogP contribution is -2.14. The average molecular weight is 442 g/mol. The Hall–Kier alpha value is -2.67. The van der Waals surface area contributed by atoms with Crippen LogP contribution >= 0.6 is 22.6 Å². The summed E-state index contributed by atoms with van der Waals surface area (Å²) in [5, 5.41) is 5.69. The third-order valence-electron chi connectivity index (χ3n) is 3.56. The molecule has 0 saturated heterocycles. The van der Waals surface area contributed by atoms with E-state index < -0.39 is 0 Å².